The molecule has 20 heavy (non-hydrogen) atoms. The number of fused-ring (bicyclic) bond motifs is 1. The first-order chi connectivity index (χ1) is 9.70. The van der Waals surface area contributed by atoms with Gasteiger partial charge in [0.25, 0.3) is 0 Å². The van der Waals surface area contributed by atoms with Crippen molar-refractivity contribution in [1.29, 1.82) is 0 Å². The topological polar surface area (TPSA) is 37.8 Å². The lowest BCUT2D eigenvalue weighted by atomic mass is 10.0. The van der Waals surface area contributed by atoms with Gasteiger partial charge in [-0.05, 0) is 40.1 Å². The van der Waals surface area contributed by atoms with Gasteiger partial charge in [-0.15, -0.1) is 0 Å². The summed E-state index contributed by atoms with van der Waals surface area (Å²) in [5.41, 5.74) is 0.829. The van der Waals surface area contributed by atoms with E-state index in [1.807, 2.05) is 25.2 Å². The fourth-order valence-electron chi connectivity index (χ4n) is 2.13. The number of nitrogens with one attached hydrogen (secondary N) is 1. The second-order valence-electron chi connectivity index (χ2n) is 4.28. The number of hydrogen-bond acceptors (Lipinski definition) is 3. The molecule has 0 amide bonds. The van der Waals surface area contributed by atoms with Crippen LogP contribution in [-0.2, 0) is 0 Å². The van der Waals surface area contributed by atoms with E-state index in [4.69, 9.17) is 0 Å². The molecule has 1 aromatic heterocycles. The van der Waals surface area contributed by atoms with E-state index in [-0.39, 0.29) is 5.82 Å². The van der Waals surface area contributed by atoms with Crippen LogP contribution in [0.25, 0.3) is 22.2 Å². The molecule has 1 heterocycles. The highest BCUT2D eigenvalue weighted by molar-refractivity contribution is 14.1. The Morgan fingerprint density at radius 2 is 1.85 bits per heavy atom. The second kappa shape index (κ2) is 5.32. The molecular weight excluding hydrogens is 368 g/mol. The minimum atomic E-state index is -0.233. The van der Waals surface area contributed by atoms with Crippen LogP contribution in [0.2, 0.25) is 0 Å². The summed E-state index contributed by atoms with van der Waals surface area (Å²) in [7, 11) is 1.82. The molecule has 1 N–H and O–H groups in total. The first-order valence-electron chi connectivity index (χ1n) is 6.08. The number of hydrogen-bond donors (Lipinski definition) is 1. The van der Waals surface area contributed by atoms with Gasteiger partial charge >= 0.3 is 0 Å². The summed E-state index contributed by atoms with van der Waals surface area (Å²) in [4.78, 5) is 8.84. The third-order valence-electron chi connectivity index (χ3n) is 3.09. The van der Waals surface area contributed by atoms with Crippen LogP contribution in [-0.4, -0.2) is 17.0 Å². The van der Waals surface area contributed by atoms with Crippen LogP contribution < -0.4 is 5.32 Å². The van der Waals surface area contributed by atoms with Crippen molar-refractivity contribution in [3.8, 4) is 11.4 Å². The lowest BCUT2D eigenvalue weighted by molar-refractivity contribution is 0.640. The molecular formula is C15H11FIN3. The van der Waals surface area contributed by atoms with E-state index in [0.717, 1.165) is 20.3 Å². The molecule has 0 radical (unpaired) electrons. The third kappa shape index (κ3) is 2.22. The number of anilines is 1. The highest BCUT2D eigenvalue weighted by Crippen LogP contribution is 2.29. The van der Waals surface area contributed by atoms with E-state index in [2.05, 4.69) is 37.9 Å². The number of aromatic nitrogens is 2. The van der Waals surface area contributed by atoms with E-state index in [0.29, 0.717) is 11.2 Å². The predicted molar refractivity (Wildman–Crippen MR) is 87.2 cm³/mol. The van der Waals surface area contributed by atoms with Crippen molar-refractivity contribution in [2.75, 3.05) is 12.4 Å². The van der Waals surface area contributed by atoms with E-state index in [1.54, 1.807) is 18.3 Å². The van der Waals surface area contributed by atoms with Gasteiger partial charge in [0.1, 0.15) is 11.6 Å². The maximum atomic E-state index is 13.8. The van der Waals surface area contributed by atoms with Crippen molar-refractivity contribution in [3.05, 3.63) is 52.0 Å². The van der Waals surface area contributed by atoms with E-state index < -0.39 is 0 Å². The molecule has 5 heteroatoms. The molecule has 0 aliphatic rings. The van der Waals surface area contributed by atoms with E-state index >= 15 is 0 Å². The molecule has 2 aromatic carbocycles. The van der Waals surface area contributed by atoms with Crippen LogP contribution in [0.1, 0.15) is 0 Å². The van der Waals surface area contributed by atoms with E-state index in [9.17, 15) is 4.39 Å². The average molecular weight is 379 g/mol. The van der Waals surface area contributed by atoms with Crippen LogP contribution in [0.5, 0.6) is 0 Å². The number of benzene rings is 2. The van der Waals surface area contributed by atoms with Gasteiger partial charge in [0.05, 0.1) is 3.57 Å². The smallest absolute Gasteiger partial charge is 0.162 e. The summed E-state index contributed by atoms with van der Waals surface area (Å²) in [5.74, 6) is 1.12. The minimum Gasteiger partial charge on any atom is -0.372 e. The number of nitrogens with zero attached hydrogens (tertiary/aromatic N) is 2. The summed E-state index contributed by atoms with van der Waals surface area (Å²) < 4.78 is 14.8. The summed E-state index contributed by atoms with van der Waals surface area (Å²) >= 11 is 2.17. The predicted octanol–water partition coefficient (Wildman–Crippen LogP) is 4.08. The Bertz CT molecular complexity index is 789. The fourth-order valence-corrected chi connectivity index (χ4v) is 2.66. The number of halogens is 2. The van der Waals surface area contributed by atoms with Crippen molar-refractivity contribution in [1.82, 2.24) is 9.97 Å². The van der Waals surface area contributed by atoms with Crippen molar-refractivity contribution in [2.24, 2.45) is 0 Å². The quantitative estimate of drug-likeness (QED) is 0.682. The molecule has 0 aliphatic carbocycles. The van der Waals surface area contributed by atoms with Crippen LogP contribution >= 0.6 is 22.6 Å². The Balaban J connectivity index is 2.27. The highest BCUT2D eigenvalue weighted by atomic mass is 127. The second-order valence-corrected chi connectivity index (χ2v) is 5.44. The van der Waals surface area contributed by atoms with Gasteiger partial charge in [0, 0.05) is 24.2 Å². The lowest BCUT2D eigenvalue weighted by Crippen LogP contribution is -1.99. The van der Waals surface area contributed by atoms with Gasteiger partial charge in [-0.3, -0.25) is 0 Å². The average Bonchev–Trinajstić information content (AvgIpc) is 2.49. The SMILES string of the molecule is CNc1nc(-c2ccc(F)c3ccccc23)ncc1I. The van der Waals surface area contributed by atoms with Gasteiger partial charge < -0.3 is 5.32 Å². The minimum absolute atomic E-state index is 0.233. The molecule has 3 nitrogen and oxygen atoms in total. The Morgan fingerprint density at radius 3 is 2.60 bits per heavy atom. The summed E-state index contributed by atoms with van der Waals surface area (Å²) in [5, 5.41) is 4.43. The Hall–Kier alpha value is -1.76. The van der Waals surface area contributed by atoms with Crippen molar-refractivity contribution >= 4 is 39.2 Å². The van der Waals surface area contributed by atoms with Crippen LogP contribution in [0, 0.1) is 9.39 Å². The maximum absolute atomic E-state index is 13.8. The van der Waals surface area contributed by atoms with Crippen molar-refractivity contribution in [3.63, 3.8) is 0 Å². The monoisotopic (exact) mass is 379 g/mol. The highest BCUT2D eigenvalue weighted by Gasteiger charge is 2.11. The molecule has 0 aliphatic heterocycles. The van der Waals surface area contributed by atoms with Gasteiger partial charge in [0.15, 0.2) is 5.82 Å². The fraction of sp³-hybridized carbons (Fsp3) is 0.0667. The Morgan fingerprint density at radius 1 is 1.10 bits per heavy atom. The largest absolute Gasteiger partial charge is 0.372 e. The normalized spacial score (nSPS) is 10.8. The molecule has 3 aromatic rings. The standard InChI is InChI=1S/C15H11FIN3/c1-18-15-13(17)8-19-14(20-15)11-6-7-12(16)10-5-3-2-4-9(10)11/h2-8H,1H3,(H,18,19,20). The molecule has 0 saturated carbocycles. The first-order valence-corrected chi connectivity index (χ1v) is 7.16. The van der Waals surface area contributed by atoms with Crippen LogP contribution in [0.3, 0.4) is 0 Å². The van der Waals surface area contributed by atoms with Gasteiger partial charge in [-0.25, -0.2) is 14.4 Å². The van der Waals surface area contributed by atoms with Gasteiger partial charge in [-0.2, -0.15) is 0 Å². The zero-order valence-electron chi connectivity index (χ0n) is 10.7. The molecule has 100 valence electrons. The molecule has 0 bridgehead atoms. The van der Waals surface area contributed by atoms with Gasteiger partial charge in [-0.1, -0.05) is 24.3 Å². The van der Waals surface area contributed by atoms with Crippen LogP contribution in [0.4, 0.5) is 10.2 Å². The summed E-state index contributed by atoms with van der Waals surface area (Å²) in [6.07, 6.45) is 1.76. The Kier molecular flexibility index (Phi) is 3.52. The Labute approximate surface area is 129 Å². The molecule has 0 unspecified atom stereocenters. The molecule has 0 fully saturated rings. The van der Waals surface area contributed by atoms with Crippen LogP contribution in [0.15, 0.2) is 42.6 Å². The van der Waals surface area contributed by atoms with Crippen molar-refractivity contribution in [2.45, 2.75) is 0 Å². The number of rotatable bonds is 2. The third-order valence-corrected chi connectivity index (χ3v) is 3.88. The zero-order valence-corrected chi connectivity index (χ0v) is 12.8. The van der Waals surface area contributed by atoms with Gasteiger partial charge in [0.2, 0.25) is 0 Å². The summed E-state index contributed by atoms with van der Waals surface area (Å²) in [6, 6.07) is 10.5. The van der Waals surface area contributed by atoms with Crippen molar-refractivity contribution < 1.29 is 4.39 Å². The first kappa shape index (κ1) is 13.2. The van der Waals surface area contributed by atoms with E-state index in [1.165, 1.54) is 6.07 Å². The molecule has 3 rings (SSSR count). The maximum Gasteiger partial charge on any atom is 0.162 e. The molecule has 0 saturated heterocycles. The molecule has 0 spiro atoms. The molecule has 0 atom stereocenters. The zero-order chi connectivity index (χ0) is 14.1. The lowest BCUT2D eigenvalue weighted by Gasteiger charge is -2.08. The summed E-state index contributed by atoms with van der Waals surface area (Å²) in [6.45, 7) is 0.